The van der Waals surface area contributed by atoms with E-state index in [0.717, 1.165) is 11.3 Å². The van der Waals surface area contributed by atoms with Crippen molar-refractivity contribution in [3.63, 3.8) is 0 Å². The summed E-state index contributed by atoms with van der Waals surface area (Å²) >= 11 is 0. The van der Waals surface area contributed by atoms with E-state index in [2.05, 4.69) is 0 Å². The maximum Gasteiger partial charge on any atom is 0.133 e. The zero-order valence-corrected chi connectivity index (χ0v) is 12.4. The van der Waals surface area contributed by atoms with Crippen molar-refractivity contribution in [3.05, 3.63) is 29.8 Å². The van der Waals surface area contributed by atoms with Gasteiger partial charge in [-0.05, 0) is 38.2 Å². The number of Topliss-reactive ketones (excluding diaryl/α,β-unsaturated/α-hetero) is 1. The topological polar surface area (TPSA) is 49.8 Å². The van der Waals surface area contributed by atoms with E-state index in [1.54, 1.807) is 7.11 Å². The third-order valence-corrected chi connectivity index (χ3v) is 4.09. The lowest BCUT2D eigenvalue weighted by atomic mass is 9.71. The van der Waals surface area contributed by atoms with Gasteiger partial charge in [-0.15, -0.1) is 0 Å². The Morgan fingerprint density at radius 2 is 2.20 bits per heavy atom. The molecular formula is C16H23NO3. The Kier molecular flexibility index (Phi) is 4.45. The zero-order chi connectivity index (χ0) is 14.8. The maximum atomic E-state index is 11.7. The zero-order valence-electron chi connectivity index (χ0n) is 12.4. The van der Waals surface area contributed by atoms with Gasteiger partial charge in [0, 0.05) is 25.3 Å². The van der Waals surface area contributed by atoms with Gasteiger partial charge in [-0.3, -0.25) is 4.79 Å². The van der Waals surface area contributed by atoms with Crippen molar-refractivity contribution >= 4 is 5.78 Å². The number of methoxy groups -OCH3 is 1. The minimum Gasteiger partial charge on any atom is -0.497 e. The van der Waals surface area contributed by atoms with Gasteiger partial charge < -0.3 is 14.7 Å². The van der Waals surface area contributed by atoms with Crippen molar-refractivity contribution in [3.8, 4) is 5.75 Å². The molecule has 110 valence electrons. The van der Waals surface area contributed by atoms with Crippen LogP contribution in [0.4, 0.5) is 0 Å². The number of rotatable bonds is 4. The van der Waals surface area contributed by atoms with Gasteiger partial charge in [-0.25, -0.2) is 0 Å². The average Bonchev–Trinajstić information content (AvgIpc) is 2.42. The second kappa shape index (κ2) is 5.94. The monoisotopic (exact) mass is 277 g/mol. The molecule has 20 heavy (non-hydrogen) atoms. The molecule has 1 N–H and O–H groups in total. The van der Waals surface area contributed by atoms with Crippen LogP contribution >= 0.6 is 0 Å². The van der Waals surface area contributed by atoms with Crippen LogP contribution in [0, 0.1) is 5.92 Å². The van der Waals surface area contributed by atoms with Crippen LogP contribution in [0.15, 0.2) is 24.3 Å². The van der Waals surface area contributed by atoms with Gasteiger partial charge in [0.2, 0.25) is 0 Å². The lowest BCUT2D eigenvalue weighted by Gasteiger charge is -2.41. The van der Waals surface area contributed by atoms with E-state index in [-0.39, 0.29) is 11.7 Å². The molecule has 2 atom stereocenters. The second-order valence-electron chi connectivity index (χ2n) is 5.86. The molecule has 0 unspecified atom stereocenters. The fourth-order valence-electron chi connectivity index (χ4n) is 3.01. The molecule has 2 rings (SSSR count). The Balaban J connectivity index is 2.34. The molecule has 1 aromatic rings. The highest BCUT2D eigenvalue weighted by atomic mass is 16.5. The molecule has 0 bridgehead atoms. The number of carbonyl (C=O) groups is 1. The minimum atomic E-state index is -0.952. The fraction of sp³-hybridized carbons (Fsp3) is 0.562. The predicted octanol–water partition coefficient (Wildman–Crippen LogP) is 1.81. The van der Waals surface area contributed by atoms with Crippen LogP contribution < -0.4 is 4.74 Å². The molecule has 4 nitrogen and oxygen atoms in total. The number of hydrogen-bond acceptors (Lipinski definition) is 4. The van der Waals surface area contributed by atoms with Crippen LogP contribution in [0.25, 0.3) is 0 Å². The van der Waals surface area contributed by atoms with Crippen LogP contribution in [0.3, 0.4) is 0 Å². The first-order valence-electron chi connectivity index (χ1n) is 6.99. The number of benzene rings is 1. The van der Waals surface area contributed by atoms with Crippen LogP contribution in [-0.2, 0) is 10.4 Å². The summed E-state index contributed by atoms with van der Waals surface area (Å²) in [6.45, 7) is 0.694. The van der Waals surface area contributed by atoms with Crippen LogP contribution in [0.2, 0.25) is 0 Å². The van der Waals surface area contributed by atoms with E-state index in [9.17, 15) is 9.90 Å². The molecular weight excluding hydrogens is 254 g/mol. The first-order valence-corrected chi connectivity index (χ1v) is 6.99. The largest absolute Gasteiger partial charge is 0.497 e. The van der Waals surface area contributed by atoms with E-state index < -0.39 is 5.60 Å². The number of nitrogens with zero attached hydrogens (tertiary/aromatic N) is 1. The summed E-state index contributed by atoms with van der Waals surface area (Å²) in [4.78, 5) is 13.8. The normalized spacial score (nSPS) is 26.9. The Bertz CT molecular complexity index is 486. The first kappa shape index (κ1) is 15.0. The summed E-state index contributed by atoms with van der Waals surface area (Å²) in [5.41, 5.74) is -0.108. The smallest absolute Gasteiger partial charge is 0.133 e. The third-order valence-electron chi connectivity index (χ3n) is 4.09. The van der Waals surface area contributed by atoms with Gasteiger partial charge in [-0.1, -0.05) is 12.1 Å². The van der Waals surface area contributed by atoms with Crippen molar-refractivity contribution in [2.75, 3.05) is 27.7 Å². The van der Waals surface area contributed by atoms with E-state index in [0.29, 0.717) is 25.8 Å². The maximum absolute atomic E-state index is 11.7. The van der Waals surface area contributed by atoms with Crippen molar-refractivity contribution in [1.82, 2.24) is 4.90 Å². The molecule has 0 spiro atoms. The first-order chi connectivity index (χ1) is 9.45. The molecule has 0 aromatic heterocycles. The van der Waals surface area contributed by atoms with Gasteiger partial charge in [0.25, 0.3) is 0 Å². The van der Waals surface area contributed by atoms with Gasteiger partial charge in [0.15, 0.2) is 0 Å². The highest BCUT2D eigenvalue weighted by molar-refractivity contribution is 5.80. The van der Waals surface area contributed by atoms with Gasteiger partial charge >= 0.3 is 0 Å². The van der Waals surface area contributed by atoms with Gasteiger partial charge in [-0.2, -0.15) is 0 Å². The quantitative estimate of drug-likeness (QED) is 0.912. The minimum absolute atomic E-state index is 0.0779. The van der Waals surface area contributed by atoms with Crippen molar-refractivity contribution in [2.24, 2.45) is 5.92 Å². The summed E-state index contributed by atoms with van der Waals surface area (Å²) in [7, 11) is 5.54. The highest BCUT2D eigenvalue weighted by Crippen LogP contribution is 2.41. The van der Waals surface area contributed by atoms with E-state index in [1.165, 1.54) is 0 Å². The van der Waals surface area contributed by atoms with Crippen molar-refractivity contribution < 1.29 is 14.6 Å². The standard InChI is InChI=1S/C16H23NO3/c1-17(2)11-13-9-14(18)7-8-16(13,19)12-5-4-6-15(10-12)20-3/h4-6,10,13,19H,7-9,11H2,1-3H3/t13-,16+/m0/s1. The lowest BCUT2D eigenvalue weighted by molar-refractivity contribution is -0.133. The number of carbonyl (C=O) groups excluding carboxylic acids is 1. The Labute approximate surface area is 120 Å². The number of hydrogen-bond donors (Lipinski definition) is 1. The Morgan fingerprint density at radius 1 is 1.45 bits per heavy atom. The summed E-state index contributed by atoms with van der Waals surface area (Å²) in [5, 5.41) is 11.2. The fourth-order valence-corrected chi connectivity index (χ4v) is 3.01. The molecule has 1 fully saturated rings. The Hall–Kier alpha value is -1.39. The van der Waals surface area contributed by atoms with E-state index in [4.69, 9.17) is 4.74 Å². The van der Waals surface area contributed by atoms with E-state index >= 15 is 0 Å². The molecule has 1 aliphatic rings. The molecule has 4 heteroatoms. The summed E-state index contributed by atoms with van der Waals surface area (Å²) in [5.74, 6) is 0.895. The van der Waals surface area contributed by atoms with Crippen LogP contribution in [0.5, 0.6) is 5.75 Å². The molecule has 1 saturated carbocycles. The molecule has 0 aliphatic heterocycles. The second-order valence-corrected chi connectivity index (χ2v) is 5.86. The van der Waals surface area contributed by atoms with Gasteiger partial charge in [0.05, 0.1) is 12.7 Å². The number of ketones is 1. The van der Waals surface area contributed by atoms with Gasteiger partial charge in [0.1, 0.15) is 11.5 Å². The predicted molar refractivity (Wildman–Crippen MR) is 77.8 cm³/mol. The van der Waals surface area contributed by atoms with E-state index in [1.807, 2.05) is 43.3 Å². The SMILES string of the molecule is COc1cccc([C@]2(O)CCC(=O)C[C@H]2CN(C)C)c1. The lowest BCUT2D eigenvalue weighted by Crippen LogP contribution is -2.45. The number of aliphatic hydroxyl groups is 1. The molecule has 0 heterocycles. The van der Waals surface area contributed by atoms with Crippen molar-refractivity contribution in [2.45, 2.75) is 24.9 Å². The average molecular weight is 277 g/mol. The number of ether oxygens (including phenoxy) is 1. The molecule has 1 aromatic carbocycles. The summed E-state index contributed by atoms with van der Waals surface area (Å²) in [6, 6.07) is 7.54. The highest BCUT2D eigenvalue weighted by Gasteiger charge is 2.43. The summed E-state index contributed by atoms with van der Waals surface area (Å²) in [6.07, 6.45) is 1.36. The Morgan fingerprint density at radius 3 is 2.85 bits per heavy atom. The molecule has 0 saturated heterocycles. The summed E-state index contributed by atoms with van der Waals surface area (Å²) < 4.78 is 5.24. The van der Waals surface area contributed by atoms with Crippen LogP contribution in [0.1, 0.15) is 24.8 Å². The third kappa shape index (κ3) is 3.02. The molecule has 0 radical (unpaired) electrons. The molecule has 0 amide bonds. The molecule has 1 aliphatic carbocycles. The van der Waals surface area contributed by atoms with Crippen LogP contribution in [-0.4, -0.2) is 43.5 Å². The van der Waals surface area contributed by atoms with Crippen molar-refractivity contribution in [1.29, 1.82) is 0 Å².